The van der Waals surface area contributed by atoms with E-state index in [4.69, 9.17) is 16.7 Å². The van der Waals surface area contributed by atoms with Crippen molar-refractivity contribution in [2.75, 3.05) is 6.61 Å². The molecular formula is C9H7ClFNO. The van der Waals surface area contributed by atoms with E-state index in [2.05, 4.69) is 16.8 Å². The van der Waals surface area contributed by atoms with Crippen molar-refractivity contribution in [1.29, 1.82) is 0 Å². The van der Waals surface area contributed by atoms with Crippen molar-refractivity contribution >= 4 is 11.6 Å². The highest BCUT2D eigenvalue weighted by atomic mass is 35.5. The summed E-state index contributed by atoms with van der Waals surface area (Å²) in [6, 6.07) is 1.16. The fourth-order valence-electron chi connectivity index (χ4n) is 0.723. The van der Waals surface area contributed by atoms with Gasteiger partial charge in [-0.25, -0.2) is 4.98 Å². The van der Waals surface area contributed by atoms with Crippen molar-refractivity contribution in [1.82, 2.24) is 4.98 Å². The molecule has 1 aromatic heterocycles. The number of pyridine rings is 1. The van der Waals surface area contributed by atoms with Gasteiger partial charge in [-0.2, -0.15) is 4.39 Å². The lowest BCUT2D eigenvalue weighted by molar-refractivity contribution is 0.305. The van der Waals surface area contributed by atoms with E-state index in [1.165, 1.54) is 6.20 Å². The maximum absolute atomic E-state index is 12.6. The Kier molecular flexibility index (Phi) is 3.69. The second-order valence-electron chi connectivity index (χ2n) is 2.26. The molecule has 1 aromatic rings. The number of nitrogens with zero attached hydrogens (tertiary/aromatic N) is 1. The molecule has 0 radical (unpaired) electrons. The van der Waals surface area contributed by atoms with Gasteiger partial charge in [0.25, 0.3) is 0 Å². The van der Waals surface area contributed by atoms with Crippen LogP contribution in [0.25, 0.3) is 0 Å². The topological polar surface area (TPSA) is 33.1 Å². The Morgan fingerprint density at radius 3 is 3.08 bits per heavy atom. The predicted molar refractivity (Wildman–Crippen MR) is 47.8 cm³/mol. The molecule has 0 aliphatic carbocycles. The molecule has 0 aliphatic heterocycles. The van der Waals surface area contributed by atoms with Gasteiger partial charge in [-0.05, 0) is 0 Å². The molecule has 0 unspecified atom stereocenters. The van der Waals surface area contributed by atoms with Crippen molar-refractivity contribution in [2.45, 2.75) is 6.42 Å². The highest BCUT2D eigenvalue weighted by Gasteiger charge is 1.98. The van der Waals surface area contributed by atoms with Crippen LogP contribution in [0.5, 0.6) is 0 Å². The van der Waals surface area contributed by atoms with Crippen molar-refractivity contribution in [2.24, 2.45) is 0 Å². The van der Waals surface area contributed by atoms with Gasteiger partial charge in [-0.1, -0.05) is 23.4 Å². The fourth-order valence-corrected chi connectivity index (χ4v) is 0.873. The summed E-state index contributed by atoms with van der Waals surface area (Å²) in [5.41, 5.74) is 0.391. The van der Waals surface area contributed by atoms with Gasteiger partial charge in [-0.15, -0.1) is 0 Å². The van der Waals surface area contributed by atoms with Crippen molar-refractivity contribution < 1.29 is 9.50 Å². The third kappa shape index (κ3) is 3.02. The summed E-state index contributed by atoms with van der Waals surface area (Å²) in [6.07, 6.45) is 1.56. The maximum atomic E-state index is 12.6. The molecule has 2 nitrogen and oxygen atoms in total. The quantitative estimate of drug-likeness (QED) is 0.551. The van der Waals surface area contributed by atoms with Crippen LogP contribution >= 0.6 is 11.6 Å². The number of aliphatic hydroxyl groups is 1. The van der Waals surface area contributed by atoms with Gasteiger partial charge in [0.2, 0.25) is 5.95 Å². The second-order valence-corrected chi connectivity index (χ2v) is 2.67. The minimum Gasteiger partial charge on any atom is -0.395 e. The lowest BCUT2D eigenvalue weighted by Gasteiger charge is -1.93. The Hall–Kier alpha value is -1.11. The van der Waals surface area contributed by atoms with Crippen LogP contribution in [0.3, 0.4) is 0 Å². The molecule has 1 rings (SSSR count). The molecule has 13 heavy (non-hydrogen) atoms. The zero-order valence-electron chi connectivity index (χ0n) is 6.72. The molecule has 0 aliphatic rings. The van der Waals surface area contributed by atoms with Crippen LogP contribution in [0.4, 0.5) is 4.39 Å². The van der Waals surface area contributed by atoms with E-state index in [9.17, 15) is 4.39 Å². The standard InChI is InChI=1S/C9H7ClFNO/c10-8-6-12-9(11)5-7(8)3-1-2-4-13/h5-6,13H,2,4H2. The highest BCUT2D eigenvalue weighted by molar-refractivity contribution is 6.31. The minimum absolute atomic E-state index is 0.0157. The first-order valence-corrected chi connectivity index (χ1v) is 4.02. The average molecular weight is 200 g/mol. The average Bonchev–Trinajstić information content (AvgIpc) is 2.11. The smallest absolute Gasteiger partial charge is 0.214 e. The number of rotatable bonds is 1. The van der Waals surface area contributed by atoms with Gasteiger partial charge in [0.05, 0.1) is 11.6 Å². The van der Waals surface area contributed by atoms with E-state index in [0.717, 1.165) is 6.07 Å². The van der Waals surface area contributed by atoms with Crippen LogP contribution in [-0.2, 0) is 0 Å². The summed E-state index contributed by atoms with van der Waals surface area (Å²) in [5.74, 6) is 4.66. The molecule has 1 N–H and O–H groups in total. The molecule has 0 saturated heterocycles. The number of halogens is 2. The molecule has 0 spiro atoms. The van der Waals surface area contributed by atoms with Gasteiger partial charge in [-0.3, -0.25) is 0 Å². The molecule has 1 heterocycles. The monoisotopic (exact) mass is 199 g/mol. The van der Waals surface area contributed by atoms with Crippen LogP contribution in [0.1, 0.15) is 12.0 Å². The van der Waals surface area contributed by atoms with Crippen LogP contribution in [0, 0.1) is 17.8 Å². The number of aliphatic hydroxyl groups excluding tert-OH is 1. The van der Waals surface area contributed by atoms with Crippen molar-refractivity contribution in [3.63, 3.8) is 0 Å². The first-order chi connectivity index (χ1) is 6.24. The summed E-state index contributed by atoms with van der Waals surface area (Å²) in [5, 5.41) is 8.76. The third-order valence-electron chi connectivity index (χ3n) is 1.28. The third-order valence-corrected chi connectivity index (χ3v) is 1.58. The second kappa shape index (κ2) is 4.80. The van der Waals surface area contributed by atoms with Crippen molar-refractivity contribution in [3.05, 3.63) is 28.8 Å². The summed E-state index contributed by atoms with van der Waals surface area (Å²) in [7, 11) is 0. The summed E-state index contributed by atoms with van der Waals surface area (Å²) < 4.78 is 12.6. The van der Waals surface area contributed by atoms with E-state index in [0.29, 0.717) is 17.0 Å². The van der Waals surface area contributed by atoms with E-state index >= 15 is 0 Å². The Bertz CT molecular complexity index is 356. The van der Waals surface area contributed by atoms with Crippen LogP contribution in [0.15, 0.2) is 12.3 Å². The predicted octanol–water partition coefficient (Wildman–Crippen LogP) is 1.61. The maximum Gasteiger partial charge on any atom is 0.214 e. The molecule has 0 saturated carbocycles. The van der Waals surface area contributed by atoms with Gasteiger partial charge in [0, 0.05) is 24.2 Å². The fraction of sp³-hybridized carbons (Fsp3) is 0.222. The van der Waals surface area contributed by atoms with E-state index in [-0.39, 0.29) is 6.61 Å². The van der Waals surface area contributed by atoms with Gasteiger partial charge in [0.1, 0.15) is 0 Å². The molecule has 0 amide bonds. The van der Waals surface area contributed by atoms with Crippen LogP contribution in [0.2, 0.25) is 5.02 Å². The Morgan fingerprint density at radius 2 is 2.38 bits per heavy atom. The number of hydrogen-bond donors (Lipinski definition) is 1. The molecule has 0 atom stereocenters. The largest absolute Gasteiger partial charge is 0.395 e. The van der Waals surface area contributed by atoms with Crippen LogP contribution < -0.4 is 0 Å². The van der Waals surface area contributed by atoms with Gasteiger partial charge < -0.3 is 5.11 Å². The molecule has 68 valence electrons. The summed E-state index contributed by atoms with van der Waals surface area (Å²) >= 11 is 5.68. The molecule has 0 bridgehead atoms. The summed E-state index contributed by atoms with van der Waals surface area (Å²) in [6.45, 7) is -0.0157. The van der Waals surface area contributed by atoms with E-state index < -0.39 is 5.95 Å². The first-order valence-electron chi connectivity index (χ1n) is 3.65. The normalized spacial score (nSPS) is 9.15. The molecule has 0 fully saturated rings. The lowest BCUT2D eigenvalue weighted by Crippen LogP contribution is -1.85. The highest BCUT2D eigenvalue weighted by Crippen LogP contribution is 2.13. The first kappa shape index (κ1) is 9.97. The zero-order chi connectivity index (χ0) is 9.68. The van der Waals surface area contributed by atoms with Gasteiger partial charge in [0.15, 0.2) is 0 Å². The Labute approximate surface area is 80.4 Å². The summed E-state index contributed by atoms with van der Waals surface area (Å²) in [4.78, 5) is 3.35. The zero-order valence-corrected chi connectivity index (χ0v) is 7.48. The lowest BCUT2D eigenvalue weighted by atomic mass is 10.2. The van der Waals surface area contributed by atoms with E-state index in [1.54, 1.807) is 0 Å². The molecule has 4 heteroatoms. The Morgan fingerprint density at radius 1 is 1.62 bits per heavy atom. The Balaban J connectivity index is 2.89. The number of hydrogen-bond acceptors (Lipinski definition) is 2. The number of aromatic nitrogens is 1. The van der Waals surface area contributed by atoms with Crippen LogP contribution in [-0.4, -0.2) is 16.7 Å². The van der Waals surface area contributed by atoms with Gasteiger partial charge >= 0.3 is 0 Å². The molecule has 0 aromatic carbocycles. The minimum atomic E-state index is -0.613. The van der Waals surface area contributed by atoms with E-state index in [1.807, 2.05) is 0 Å². The molecular weight excluding hydrogens is 193 g/mol. The van der Waals surface area contributed by atoms with Crippen molar-refractivity contribution in [3.8, 4) is 11.8 Å². The SMILES string of the molecule is OCCC#Cc1cc(F)ncc1Cl.